The number of primary amides is 1. The Bertz CT molecular complexity index is 1380. The third-order valence-electron chi connectivity index (χ3n) is 5.43. The van der Waals surface area contributed by atoms with Crippen molar-refractivity contribution in [1.29, 1.82) is 0 Å². The first-order valence-corrected chi connectivity index (χ1v) is 11.6. The maximum absolute atomic E-state index is 13.8. The van der Waals surface area contributed by atoms with Gasteiger partial charge in [0, 0.05) is 12.6 Å². The molecule has 0 aliphatic carbocycles. The summed E-state index contributed by atoms with van der Waals surface area (Å²) in [7, 11) is 1.82. The number of hydrogen-bond donors (Lipinski definition) is 1. The summed E-state index contributed by atoms with van der Waals surface area (Å²) in [5.41, 5.74) is 7.76. The molecule has 0 aliphatic heterocycles. The fraction of sp³-hybridized carbons (Fsp3) is 0.217. The molecule has 0 bridgehead atoms. The monoisotopic (exact) mass is 482 g/mol. The SMILES string of the molecule is CCC(Sc1nnc(-c2ccccc2Cl)n1-c1c(C)n(C)n(-c2ccccc2)c1=O)C(N)=O. The predicted octanol–water partition coefficient (Wildman–Crippen LogP) is 3.74. The Morgan fingerprint density at radius 3 is 2.42 bits per heavy atom. The molecule has 1 amide bonds. The zero-order valence-corrected chi connectivity index (χ0v) is 20.0. The van der Waals surface area contributed by atoms with Gasteiger partial charge in [0.15, 0.2) is 11.0 Å². The first kappa shape index (κ1) is 22.9. The molecule has 2 heterocycles. The van der Waals surface area contributed by atoms with Crippen molar-refractivity contribution in [2.75, 3.05) is 0 Å². The normalized spacial score (nSPS) is 12.1. The van der Waals surface area contributed by atoms with Gasteiger partial charge in [-0.25, -0.2) is 4.68 Å². The van der Waals surface area contributed by atoms with Gasteiger partial charge in [-0.1, -0.05) is 60.6 Å². The number of nitrogens with two attached hydrogens (primary N) is 1. The molecule has 8 nitrogen and oxygen atoms in total. The third-order valence-corrected chi connectivity index (χ3v) is 7.09. The van der Waals surface area contributed by atoms with Gasteiger partial charge in [0.1, 0.15) is 5.69 Å². The Morgan fingerprint density at radius 2 is 1.79 bits per heavy atom. The van der Waals surface area contributed by atoms with Crippen LogP contribution in [0.5, 0.6) is 0 Å². The Hall–Kier alpha value is -3.30. The van der Waals surface area contributed by atoms with Crippen molar-refractivity contribution in [3.8, 4) is 22.8 Å². The highest BCUT2D eigenvalue weighted by atomic mass is 35.5. The summed E-state index contributed by atoms with van der Waals surface area (Å²) < 4.78 is 5.04. The van der Waals surface area contributed by atoms with E-state index in [2.05, 4.69) is 10.2 Å². The Morgan fingerprint density at radius 1 is 1.12 bits per heavy atom. The zero-order valence-electron chi connectivity index (χ0n) is 18.4. The number of para-hydroxylation sites is 1. The van der Waals surface area contributed by atoms with Crippen LogP contribution in [-0.4, -0.2) is 35.3 Å². The standard InChI is InChI=1S/C23H23ClN6O2S/c1-4-18(20(25)31)33-23-27-26-21(16-12-8-9-13-17(16)24)29(23)19-14(2)28(3)30(22(19)32)15-10-6-5-7-11-15/h5-13,18H,4H2,1-3H3,(H2,25,31). The lowest BCUT2D eigenvalue weighted by Crippen LogP contribution is -2.26. The van der Waals surface area contributed by atoms with E-state index in [4.69, 9.17) is 17.3 Å². The van der Waals surface area contributed by atoms with Gasteiger partial charge < -0.3 is 5.73 Å². The molecule has 170 valence electrons. The Balaban J connectivity index is 2.00. The highest BCUT2D eigenvalue weighted by molar-refractivity contribution is 8.00. The van der Waals surface area contributed by atoms with Crippen LogP contribution in [0.4, 0.5) is 0 Å². The molecule has 2 aromatic carbocycles. The molecule has 0 spiro atoms. The maximum atomic E-state index is 13.8. The van der Waals surface area contributed by atoms with Crippen molar-refractivity contribution < 1.29 is 4.79 Å². The Kier molecular flexibility index (Phi) is 6.44. The van der Waals surface area contributed by atoms with Gasteiger partial charge in [-0.2, -0.15) is 0 Å². The predicted molar refractivity (Wildman–Crippen MR) is 130 cm³/mol. The molecule has 0 aliphatic rings. The lowest BCUT2D eigenvalue weighted by Gasteiger charge is -2.13. The highest BCUT2D eigenvalue weighted by Gasteiger charge is 2.28. The molecule has 10 heteroatoms. The zero-order chi connectivity index (χ0) is 23.7. The van der Waals surface area contributed by atoms with Crippen molar-refractivity contribution in [2.24, 2.45) is 12.8 Å². The second kappa shape index (κ2) is 9.29. The second-order valence-corrected chi connectivity index (χ2v) is 9.03. The maximum Gasteiger partial charge on any atom is 0.296 e. The van der Waals surface area contributed by atoms with Gasteiger partial charge in [-0.05, 0) is 37.6 Å². The summed E-state index contributed by atoms with van der Waals surface area (Å²) in [6, 6.07) is 16.6. The third kappa shape index (κ3) is 4.09. The number of carbonyl (C=O) groups is 1. The molecule has 0 saturated heterocycles. The molecular weight excluding hydrogens is 460 g/mol. The summed E-state index contributed by atoms with van der Waals surface area (Å²) in [5.74, 6) is -0.0451. The largest absolute Gasteiger partial charge is 0.369 e. The topological polar surface area (TPSA) is 101 Å². The first-order valence-electron chi connectivity index (χ1n) is 10.4. The van der Waals surface area contributed by atoms with E-state index < -0.39 is 11.2 Å². The van der Waals surface area contributed by atoms with Crippen LogP contribution in [-0.2, 0) is 11.8 Å². The van der Waals surface area contributed by atoms with Crippen LogP contribution in [0.1, 0.15) is 19.0 Å². The van der Waals surface area contributed by atoms with Crippen LogP contribution in [0.15, 0.2) is 64.5 Å². The summed E-state index contributed by atoms with van der Waals surface area (Å²) in [4.78, 5) is 25.7. The lowest BCUT2D eigenvalue weighted by atomic mass is 10.2. The van der Waals surface area contributed by atoms with Crippen LogP contribution < -0.4 is 11.3 Å². The number of aromatic nitrogens is 5. The molecule has 4 aromatic rings. The summed E-state index contributed by atoms with van der Waals surface area (Å²) in [6.07, 6.45) is 0.510. The number of halogens is 1. The van der Waals surface area contributed by atoms with E-state index in [-0.39, 0.29) is 5.56 Å². The molecule has 33 heavy (non-hydrogen) atoms. The number of nitrogens with zero attached hydrogens (tertiary/aromatic N) is 5. The van der Waals surface area contributed by atoms with Crippen molar-refractivity contribution in [3.63, 3.8) is 0 Å². The van der Waals surface area contributed by atoms with E-state index in [1.165, 1.54) is 11.8 Å². The number of hydrogen-bond acceptors (Lipinski definition) is 5. The van der Waals surface area contributed by atoms with Crippen LogP contribution in [0.3, 0.4) is 0 Å². The van der Waals surface area contributed by atoms with Crippen molar-refractivity contribution in [2.45, 2.75) is 30.7 Å². The van der Waals surface area contributed by atoms with E-state index in [0.29, 0.717) is 39.4 Å². The molecule has 2 N–H and O–H groups in total. The van der Waals surface area contributed by atoms with E-state index in [1.807, 2.05) is 69.4 Å². The van der Waals surface area contributed by atoms with Crippen LogP contribution in [0.2, 0.25) is 5.02 Å². The Labute approximate surface area is 200 Å². The molecule has 0 fully saturated rings. The number of carbonyl (C=O) groups excluding carboxylic acids is 1. The average molecular weight is 483 g/mol. The van der Waals surface area contributed by atoms with Gasteiger partial charge in [0.05, 0.1) is 21.7 Å². The number of thioether (sulfide) groups is 1. The minimum absolute atomic E-state index is 0.247. The molecule has 0 radical (unpaired) electrons. The summed E-state index contributed by atoms with van der Waals surface area (Å²) in [6.45, 7) is 3.72. The highest BCUT2D eigenvalue weighted by Crippen LogP contribution is 2.34. The average Bonchev–Trinajstić information content (AvgIpc) is 3.30. The molecule has 1 unspecified atom stereocenters. The summed E-state index contributed by atoms with van der Waals surface area (Å²) >= 11 is 7.65. The van der Waals surface area contributed by atoms with Crippen molar-refractivity contribution in [1.82, 2.24) is 24.1 Å². The molecule has 4 rings (SSSR count). The first-order chi connectivity index (χ1) is 15.8. The number of amides is 1. The minimum atomic E-state index is -0.521. The van der Waals surface area contributed by atoms with Crippen molar-refractivity contribution in [3.05, 3.63) is 75.7 Å². The molecule has 0 saturated carbocycles. The van der Waals surface area contributed by atoms with Crippen LogP contribution >= 0.6 is 23.4 Å². The molecular formula is C23H23ClN6O2S. The fourth-order valence-corrected chi connectivity index (χ4v) is 4.78. The van der Waals surface area contributed by atoms with Gasteiger partial charge in [-0.15, -0.1) is 10.2 Å². The minimum Gasteiger partial charge on any atom is -0.369 e. The van der Waals surface area contributed by atoms with E-state index in [0.717, 1.165) is 5.69 Å². The van der Waals surface area contributed by atoms with Gasteiger partial charge in [0.2, 0.25) is 5.91 Å². The van der Waals surface area contributed by atoms with E-state index in [9.17, 15) is 9.59 Å². The second-order valence-electron chi connectivity index (χ2n) is 7.45. The summed E-state index contributed by atoms with van der Waals surface area (Å²) in [5, 5.41) is 9.03. The van der Waals surface area contributed by atoms with Crippen molar-refractivity contribution >= 4 is 29.3 Å². The van der Waals surface area contributed by atoms with Crippen LogP contribution in [0, 0.1) is 6.92 Å². The molecule has 1 atom stereocenters. The fourth-order valence-electron chi connectivity index (χ4n) is 3.65. The number of rotatable bonds is 7. The van der Waals surface area contributed by atoms with Gasteiger partial charge >= 0.3 is 0 Å². The molecule has 2 aromatic heterocycles. The quantitative estimate of drug-likeness (QED) is 0.404. The number of benzene rings is 2. The smallest absolute Gasteiger partial charge is 0.296 e. The van der Waals surface area contributed by atoms with E-state index >= 15 is 0 Å². The van der Waals surface area contributed by atoms with Crippen LogP contribution in [0.25, 0.3) is 22.8 Å². The van der Waals surface area contributed by atoms with Gasteiger partial charge in [0.25, 0.3) is 5.56 Å². The lowest BCUT2D eigenvalue weighted by molar-refractivity contribution is -0.117. The van der Waals surface area contributed by atoms with Gasteiger partial charge in [-0.3, -0.25) is 18.8 Å². The van der Waals surface area contributed by atoms with E-state index in [1.54, 1.807) is 20.0 Å².